The Morgan fingerprint density at radius 1 is 0.970 bits per heavy atom. The lowest BCUT2D eigenvalue weighted by molar-refractivity contribution is -0.143. The quantitative estimate of drug-likeness (QED) is 0.637. The Labute approximate surface area is 196 Å². The fourth-order valence-corrected chi connectivity index (χ4v) is 3.97. The number of likely N-dealkylation sites (N-methyl/N-ethyl adjacent to an activating group) is 1. The van der Waals surface area contributed by atoms with Crippen LogP contribution < -0.4 is 16.0 Å². The number of rotatable bonds is 4. The molecule has 1 aliphatic heterocycles. The fraction of sp³-hybridized carbons (Fsp3) is 0.600. The highest BCUT2D eigenvalue weighted by Crippen LogP contribution is 2.14. The van der Waals surface area contributed by atoms with E-state index in [1.54, 1.807) is 20.9 Å². The predicted octanol–water partition coefficient (Wildman–Crippen LogP) is 1.64. The summed E-state index contributed by atoms with van der Waals surface area (Å²) in [6, 6.07) is 7.23. The van der Waals surface area contributed by atoms with Gasteiger partial charge in [-0.05, 0) is 37.7 Å². The lowest BCUT2D eigenvalue weighted by atomic mass is 9.99. The van der Waals surface area contributed by atoms with Crippen molar-refractivity contribution in [1.29, 1.82) is 0 Å². The number of hydrogen-bond acceptors (Lipinski definition) is 4. The van der Waals surface area contributed by atoms with Gasteiger partial charge in [0.05, 0.1) is 0 Å². The van der Waals surface area contributed by atoms with E-state index >= 15 is 0 Å². The second kappa shape index (κ2) is 12.4. The maximum atomic E-state index is 13.3. The van der Waals surface area contributed by atoms with Gasteiger partial charge in [0, 0.05) is 25.9 Å². The van der Waals surface area contributed by atoms with E-state index in [9.17, 15) is 19.2 Å². The maximum Gasteiger partial charge on any atom is 0.245 e. The van der Waals surface area contributed by atoms with E-state index in [0.29, 0.717) is 32.2 Å². The molecule has 182 valence electrons. The van der Waals surface area contributed by atoms with Crippen LogP contribution in [0.15, 0.2) is 30.3 Å². The summed E-state index contributed by atoms with van der Waals surface area (Å²) >= 11 is 0. The smallest absolute Gasteiger partial charge is 0.245 e. The first-order valence-electron chi connectivity index (χ1n) is 11.8. The third-order valence-electron chi connectivity index (χ3n) is 6.02. The second-order valence-corrected chi connectivity index (χ2v) is 9.41. The molecule has 1 heterocycles. The van der Waals surface area contributed by atoms with Crippen molar-refractivity contribution in [3.63, 3.8) is 0 Å². The van der Waals surface area contributed by atoms with Gasteiger partial charge in [-0.15, -0.1) is 0 Å². The number of amides is 4. The van der Waals surface area contributed by atoms with E-state index in [0.717, 1.165) is 5.56 Å². The minimum Gasteiger partial charge on any atom is -0.354 e. The van der Waals surface area contributed by atoms with Crippen molar-refractivity contribution in [2.24, 2.45) is 11.8 Å². The van der Waals surface area contributed by atoms with Crippen molar-refractivity contribution in [3.05, 3.63) is 35.9 Å². The minimum absolute atomic E-state index is 0.143. The highest BCUT2D eigenvalue weighted by Gasteiger charge is 2.33. The number of carbonyl (C=O) groups excluding carboxylic acids is 4. The van der Waals surface area contributed by atoms with Crippen LogP contribution in [0.1, 0.15) is 52.5 Å². The monoisotopic (exact) mass is 458 g/mol. The molecule has 4 atom stereocenters. The van der Waals surface area contributed by atoms with E-state index in [1.807, 2.05) is 44.2 Å². The van der Waals surface area contributed by atoms with Crippen LogP contribution in [0.2, 0.25) is 0 Å². The van der Waals surface area contributed by atoms with Gasteiger partial charge in [-0.2, -0.15) is 0 Å². The molecule has 2 rings (SSSR count). The van der Waals surface area contributed by atoms with Crippen molar-refractivity contribution in [2.45, 2.75) is 71.5 Å². The third kappa shape index (κ3) is 7.87. The Morgan fingerprint density at radius 2 is 1.64 bits per heavy atom. The summed E-state index contributed by atoms with van der Waals surface area (Å²) in [6.45, 7) is 7.79. The standard InChI is InChI=1S/C25H38N4O4/c1-16(2)14-21-24(32)28-20(15-19-11-7-6-8-12-19)23(31)26-13-9-10-17(3)22(30)27-18(4)25(33)29(21)5/h6-8,11-12,16-18,20-21H,9-10,13-15H2,1-5H3,(H,26,31)(H,27,30)(H,28,32)/t17-,18-,20-,21-/m0/s1. The van der Waals surface area contributed by atoms with Crippen LogP contribution in [0.5, 0.6) is 0 Å². The zero-order chi connectivity index (χ0) is 24.5. The van der Waals surface area contributed by atoms with Crippen molar-refractivity contribution in [3.8, 4) is 0 Å². The summed E-state index contributed by atoms with van der Waals surface area (Å²) in [7, 11) is 1.57. The van der Waals surface area contributed by atoms with Gasteiger partial charge in [0.25, 0.3) is 0 Å². The Morgan fingerprint density at radius 3 is 2.27 bits per heavy atom. The number of carbonyl (C=O) groups is 4. The van der Waals surface area contributed by atoms with E-state index < -0.39 is 18.1 Å². The van der Waals surface area contributed by atoms with Crippen molar-refractivity contribution < 1.29 is 19.2 Å². The average Bonchev–Trinajstić information content (AvgIpc) is 2.78. The SMILES string of the molecule is CC(C)C[C@H]1C(=O)N[C@@H](Cc2ccccc2)C(=O)NCCC[C@H](C)C(=O)N[C@@H](C)C(=O)N1C. The van der Waals surface area contributed by atoms with Crippen LogP contribution in [0, 0.1) is 11.8 Å². The topological polar surface area (TPSA) is 108 Å². The lowest BCUT2D eigenvalue weighted by Crippen LogP contribution is -2.57. The Bertz CT molecular complexity index is 827. The van der Waals surface area contributed by atoms with E-state index in [2.05, 4.69) is 16.0 Å². The first kappa shape index (κ1) is 26.4. The van der Waals surface area contributed by atoms with E-state index in [4.69, 9.17) is 0 Å². The van der Waals surface area contributed by atoms with Crippen LogP contribution >= 0.6 is 0 Å². The Hall–Kier alpha value is -2.90. The normalized spacial score (nSPS) is 26.2. The zero-order valence-electron chi connectivity index (χ0n) is 20.4. The third-order valence-corrected chi connectivity index (χ3v) is 6.02. The molecule has 33 heavy (non-hydrogen) atoms. The van der Waals surface area contributed by atoms with E-state index in [1.165, 1.54) is 4.90 Å². The molecular formula is C25H38N4O4. The highest BCUT2D eigenvalue weighted by molar-refractivity contribution is 5.94. The van der Waals surface area contributed by atoms with Gasteiger partial charge >= 0.3 is 0 Å². The predicted molar refractivity (Wildman–Crippen MR) is 127 cm³/mol. The van der Waals surface area contributed by atoms with Crippen LogP contribution in [0.3, 0.4) is 0 Å². The summed E-state index contributed by atoms with van der Waals surface area (Å²) in [5.41, 5.74) is 0.928. The number of benzene rings is 1. The molecule has 1 aromatic rings. The molecule has 1 fully saturated rings. The minimum atomic E-state index is -0.766. The summed E-state index contributed by atoms with van der Waals surface area (Å²) in [5.74, 6) is -1.35. The molecule has 3 N–H and O–H groups in total. The molecule has 0 aliphatic carbocycles. The summed E-state index contributed by atoms with van der Waals surface area (Å²) in [4.78, 5) is 53.3. The summed E-state index contributed by atoms with van der Waals surface area (Å²) in [6.07, 6.45) is 1.97. The molecule has 0 saturated carbocycles. The van der Waals surface area contributed by atoms with Gasteiger partial charge in [0.2, 0.25) is 23.6 Å². The molecular weight excluding hydrogens is 420 g/mol. The largest absolute Gasteiger partial charge is 0.354 e. The maximum absolute atomic E-state index is 13.3. The zero-order valence-corrected chi connectivity index (χ0v) is 20.4. The molecule has 1 aliphatic rings. The van der Waals surface area contributed by atoms with Crippen LogP contribution in [-0.2, 0) is 25.6 Å². The molecule has 0 unspecified atom stereocenters. The summed E-state index contributed by atoms with van der Waals surface area (Å²) in [5, 5.41) is 8.56. The van der Waals surface area contributed by atoms with Gasteiger partial charge in [0.15, 0.2) is 0 Å². The van der Waals surface area contributed by atoms with Crippen molar-refractivity contribution in [1.82, 2.24) is 20.9 Å². The molecule has 0 aromatic heterocycles. The molecule has 0 spiro atoms. The Kier molecular flexibility index (Phi) is 9.88. The molecule has 0 radical (unpaired) electrons. The van der Waals surface area contributed by atoms with Crippen molar-refractivity contribution in [2.75, 3.05) is 13.6 Å². The number of nitrogens with one attached hydrogen (secondary N) is 3. The molecule has 1 aromatic carbocycles. The second-order valence-electron chi connectivity index (χ2n) is 9.41. The molecule has 1 saturated heterocycles. The number of nitrogens with zero attached hydrogens (tertiary/aromatic N) is 1. The van der Waals surface area contributed by atoms with Gasteiger partial charge in [0.1, 0.15) is 18.1 Å². The summed E-state index contributed by atoms with van der Waals surface area (Å²) < 4.78 is 0. The first-order valence-corrected chi connectivity index (χ1v) is 11.8. The molecule has 8 nitrogen and oxygen atoms in total. The van der Waals surface area contributed by atoms with Gasteiger partial charge in [-0.1, -0.05) is 51.1 Å². The van der Waals surface area contributed by atoms with Crippen molar-refractivity contribution >= 4 is 23.6 Å². The molecule has 8 heteroatoms. The first-order chi connectivity index (χ1) is 15.6. The average molecular weight is 459 g/mol. The van der Waals surface area contributed by atoms with Gasteiger partial charge < -0.3 is 20.9 Å². The van der Waals surface area contributed by atoms with Crippen LogP contribution in [-0.4, -0.2) is 60.2 Å². The van der Waals surface area contributed by atoms with Gasteiger partial charge in [-0.3, -0.25) is 19.2 Å². The van der Waals surface area contributed by atoms with Crippen LogP contribution in [0.4, 0.5) is 0 Å². The fourth-order valence-electron chi connectivity index (χ4n) is 3.97. The Balaban J connectivity index is 2.34. The molecule has 4 amide bonds. The van der Waals surface area contributed by atoms with Crippen LogP contribution in [0.25, 0.3) is 0 Å². The molecule has 0 bridgehead atoms. The lowest BCUT2D eigenvalue weighted by Gasteiger charge is -2.32. The van der Waals surface area contributed by atoms with Gasteiger partial charge in [-0.25, -0.2) is 0 Å². The number of hydrogen-bond donors (Lipinski definition) is 3. The van der Waals surface area contributed by atoms with E-state index in [-0.39, 0.29) is 35.5 Å². The highest BCUT2D eigenvalue weighted by atomic mass is 16.2.